The lowest BCUT2D eigenvalue weighted by molar-refractivity contribution is 0.220. The molecule has 1 aliphatic heterocycles. The first kappa shape index (κ1) is 15.8. The highest BCUT2D eigenvalue weighted by Gasteiger charge is 2.31. The van der Waals surface area contributed by atoms with Crippen LogP contribution in [0.15, 0.2) is 24.3 Å². The predicted octanol–water partition coefficient (Wildman–Crippen LogP) is 3.38. The number of hydrogen-bond donors (Lipinski definition) is 0. The highest BCUT2D eigenvalue weighted by atomic mass is 35.5. The highest BCUT2D eigenvalue weighted by molar-refractivity contribution is 7.88. The lowest BCUT2D eigenvalue weighted by Gasteiger charge is -2.35. The van der Waals surface area contributed by atoms with Crippen LogP contribution >= 0.6 is 11.6 Å². The maximum absolute atomic E-state index is 12.5. The van der Waals surface area contributed by atoms with E-state index in [1.165, 1.54) is 0 Å². The molecular weight excluding hydrogens is 294 g/mol. The molecule has 0 amide bonds. The maximum Gasteiger partial charge on any atom is 0.218 e. The molecular formula is C15H22ClNO2S. The molecule has 0 bridgehead atoms. The Balaban J connectivity index is 2.10. The molecule has 5 heteroatoms. The molecule has 0 aliphatic carbocycles. The number of rotatable bonds is 4. The topological polar surface area (TPSA) is 37.4 Å². The molecule has 0 aromatic heterocycles. The van der Waals surface area contributed by atoms with Crippen LogP contribution in [0.5, 0.6) is 0 Å². The summed E-state index contributed by atoms with van der Waals surface area (Å²) in [5.41, 5.74) is 1.83. The first-order valence-corrected chi connectivity index (χ1v) is 9.20. The summed E-state index contributed by atoms with van der Waals surface area (Å²) in [4.78, 5) is 0. The zero-order chi connectivity index (χ0) is 14.8. The summed E-state index contributed by atoms with van der Waals surface area (Å²) < 4.78 is 26.7. The largest absolute Gasteiger partial charge is 0.218 e. The highest BCUT2D eigenvalue weighted by Crippen LogP contribution is 2.26. The second-order valence-electron chi connectivity index (χ2n) is 5.80. The molecule has 2 unspecified atom stereocenters. The van der Waals surface area contributed by atoms with Gasteiger partial charge in [0, 0.05) is 18.5 Å². The van der Waals surface area contributed by atoms with Crippen molar-refractivity contribution in [1.29, 1.82) is 0 Å². The van der Waals surface area contributed by atoms with Gasteiger partial charge in [0.25, 0.3) is 0 Å². The van der Waals surface area contributed by atoms with Gasteiger partial charge >= 0.3 is 0 Å². The molecule has 112 valence electrons. The molecule has 1 aromatic carbocycles. The Hall–Kier alpha value is -0.580. The van der Waals surface area contributed by atoms with E-state index < -0.39 is 10.0 Å². The molecule has 2 rings (SSSR count). The second-order valence-corrected chi connectivity index (χ2v) is 7.98. The van der Waals surface area contributed by atoms with Crippen molar-refractivity contribution >= 4 is 21.6 Å². The smallest absolute Gasteiger partial charge is 0.212 e. The average Bonchev–Trinajstić information content (AvgIpc) is 2.38. The minimum Gasteiger partial charge on any atom is -0.212 e. The molecule has 0 spiro atoms. The lowest BCUT2D eigenvalue weighted by atomic mass is 9.95. The van der Waals surface area contributed by atoms with Crippen LogP contribution in [-0.2, 0) is 21.7 Å². The predicted molar refractivity (Wildman–Crippen MR) is 83.2 cm³/mol. The van der Waals surface area contributed by atoms with Crippen molar-refractivity contribution in [2.45, 2.75) is 44.4 Å². The van der Waals surface area contributed by atoms with Gasteiger partial charge in [-0.25, -0.2) is 8.42 Å². The summed E-state index contributed by atoms with van der Waals surface area (Å²) in [5, 5.41) is 0. The minimum atomic E-state index is -3.23. The number of alkyl halides is 1. The van der Waals surface area contributed by atoms with Gasteiger partial charge in [-0.15, -0.1) is 11.6 Å². The Kier molecular flexibility index (Phi) is 5.10. The summed E-state index contributed by atoms with van der Waals surface area (Å²) in [6.45, 7) is 4.83. The third kappa shape index (κ3) is 3.74. The number of piperidine rings is 1. The van der Waals surface area contributed by atoms with E-state index in [-0.39, 0.29) is 11.8 Å². The third-order valence-electron chi connectivity index (χ3n) is 3.96. The average molecular weight is 316 g/mol. The zero-order valence-electron chi connectivity index (χ0n) is 12.0. The first-order chi connectivity index (χ1) is 9.42. The Morgan fingerprint density at radius 1 is 1.20 bits per heavy atom. The van der Waals surface area contributed by atoms with Gasteiger partial charge < -0.3 is 0 Å². The normalized spacial score (nSPS) is 24.8. The van der Waals surface area contributed by atoms with Crippen LogP contribution in [0.1, 0.15) is 37.8 Å². The Morgan fingerprint density at radius 2 is 1.80 bits per heavy atom. The van der Waals surface area contributed by atoms with E-state index in [0.29, 0.717) is 18.3 Å². The monoisotopic (exact) mass is 315 g/mol. The van der Waals surface area contributed by atoms with Crippen LogP contribution in [0.3, 0.4) is 0 Å². The van der Waals surface area contributed by atoms with Crippen molar-refractivity contribution in [3.05, 3.63) is 35.4 Å². The molecule has 20 heavy (non-hydrogen) atoms. The molecule has 2 atom stereocenters. The van der Waals surface area contributed by atoms with Crippen LogP contribution in [0.2, 0.25) is 0 Å². The summed E-state index contributed by atoms with van der Waals surface area (Å²) in [5.74, 6) is 1.14. The van der Waals surface area contributed by atoms with Crippen LogP contribution < -0.4 is 0 Å². The van der Waals surface area contributed by atoms with Crippen LogP contribution in [0, 0.1) is 5.92 Å². The maximum atomic E-state index is 12.5. The summed E-state index contributed by atoms with van der Waals surface area (Å²) in [6, 6.07) is 7.59. The zero-order valence-corrected chi connectivity index (χ0v) is 13.6. The van der Waals surface area contributed by atoms with Gasteiger partial charge in [-0.05, 0) is 36.8 Å². The number of halogens is 1. The number of sulfonamides is 1. The van der Waals surface area contributed by atoms with Gasteiger partial charge in [-0.1, -0.05) is 31.2 Å². The third-order valence-corrected chi connectivity index (χ3v) is 6.22. The van der Waals surface area contributed by atoms with Crippen LogP contribution in [0.4, 0.5) is 0 Å². The van der Waals surface area contributed by atoms with Gasteiger partial charge in [0.05, 0.1) is 5.75 Å². The van der Waals surface area contributed by atoms with Crippen LogP contribution in [0.25, 0.3) is 0 Å². The lowest BCUT2D eigenvalue weighted by Crippen LogP contribution is -2.44. The van der Waals surface area contributed by atoms with Crippen molar-refractivity contribution in [1.82, 2.24) is 4.31 Å². The fourth-order valence-corrected chi connectivity index (χ4v) is 4.79. The van der Waals surface area contributed by atoms with Crippen molar-refractivity contribution in [3.8, 4) is 0 Å². The second kappa shape index (κ2) is 6.46. The SMILES string of the molecule is CC1CCN(S(=O)(=O)Cc2ccc(CCl)cc2)C(C)C1. The molecule has 0 N–H and O–H groups in total. The van der Waals surface area contributed by atoms with Crippen molar-refractivity contribution in [2.75, 3.05) is 6.54 Å². The van der Waals surface area contributed by atoms with E-state index >= 15 is 0 Å². The van der Waals surface area contributed by atoms with E-state index in [1.54, 1.807) is 4.31 Å². The van der Waals surface area contributed by atoms with Gasteiger partial charge in [-0.2, -0.15) is 4.31 Å². The fourth-order valence-electron chi connectivity index (χ4n) is 2.82. The molecule has 1 saturated heterocycles. The quantitative estimate of drug-likeness (QED) is 0.799. The van der Waals surface area contributed by atoms with Crippen molar-refractivity contribution in [2.24, 2.45) is 5.92 Å². The van der Waals surface area contributed by atoms with E-state index in [9.17, 15) is 8.42 Å². The number of benzene rings is 1. The summed E-state index contributed by atoms with van der Waals surface area (Å²) in [6.07, 6.45) is 1.90. The van der Waals surface area contributed by atoms with Crippen LogP contribution in [-0.4, -0.2) is 25.3 Å². The molecule has 1 fully saturated rings. The minimum absolute atomic E-state index is 0.0777. The Labute approximate surface area is 127 Å². The van der Waals surface area contributed by atoms with Gasteiger partial charge in [-0.3, -0.25) is 0 Å². The van der Waals surface area contributed by atoms with Crippen molar-refractivity contribution < 1.29 is 8.42 Å². The Bertz CT molecular complexity index is 541. The molecule has 1 heterocycles. The molecule has 3 nitrogen and oxygen atoms in total. The van der Waals surface area contributed by atoms with E-state index in [0.717, 1.165) is 24.0 Å². The molecule has 0 radical (unpaired) electrons. The standard InChI is InChI=1S/C15H22ClNO2S/c1-12-7-8-17(13(2)9-12)20(18,19)11-15-5-3-14(10-16)4-6-15/h3-6,12-13H,7-11H2,1-2H3. The van der Waals surface area contributed by atoms with Gasteiger partial charge in [0.15, 0.2) is 0 Å². The summed E-state index contributed by atoms with van der Waals surface area (Å²) in [7, 11) is -3.23. The number of hydrogen-bond acceptors (Lipinski definition) is 2. The van der Waals surface area contributed by atoms with E-state index in [1.807, 2.05) is 31.2 Å². The first-order valence-electron chi connectivity index (χ1n) is 7.05. The van der Waals surface area contributed by atoms with E-state index in [2.05, 4.69) is 6.92 Å². The fraction of sp³-hybridized carbons (Fsp3) is 0.600. The number of nitrogens with zero attached hydrogens (tertiary/aromatic N) is 1. The summed E-state index contributed by atoms with van der Waals surface area (Å²) >= 11 is 5.74. The molecule has 1 aromatic rings. The molecule has 1 aliphatic rings. The van der Waals surface area contributed by atoms with Gasteiger partial charge in [0.2, 0.25) is 10.0 Å². The van der Waals surface area contributed by atoms with Crippen molar-refractivity contribution in [3.63, 3.8) is 0 Å². The van der Waals surface area contributed by atoms with E-state index in [4.69, 9.17) is 11.6 Å². The van der Waals surface area contributed by atoms with Gasteiger partial charge in [0.1, 0.15) is 0 Å². The molecule has 0 saturated carbocycles. The Morgan fingerprint density at radius 3 is 2.35 bits per heavy atom.